The molecule has 6 rings (SSSR count). The fraction of sp³-hybridized carbons (Fsp3) is 0.464. The Morgan fingerprint density at radius 3 is 2.58 bits per heavy atom. The Morgan fingerprint density at radius 2 is 1.79 bits per heavy atom. The molecular weight excluding hydrogens is 509 g/mol. The van der Waals surface area contributed by atoms with E-state index in [0.717, 1.165) is 45.3 Å². The summed E-state index contributed by atoms with van der Waals surface area (Å²) in [5.41, 5.74) is 1.54. The summed E-state index contributed by atoms with van der Waals surface area (Å²) < 4.78 is 14.6. The Hall–Kier alpha value is -3.01. The molecule has 2 N–H and O–H groups in total. The zero-order valence-corrected chi connectivity index (χ0v) is 21.8. The first kappa shape index (κ1) is 25.3. The van der Waals surface area contributed by atoms with Gasteiger partial charge in [-0.05, 0) is 81.2 Å². The largest absolute Gasteiger partial charge is 0.337 e. The summed E-state index contributed by atoms with van der Waals surface area (Å²) >= 11 is 5.90. The summed E-state index contributed by atoms with van der Waals surface area (Å²) in [6.07, 6.45) is 3.90. The number of rotatable bonds is 3. The third-order valence-corrected chi connectivity index (χ3v) is 8.60. The van der Waals surface area contributed by atoms with Gasteiger partial charge in [0.25, 0.3) is 5.91 Å². The van der Waals surface area contributed by atoms with Gasteiger partial charge in [-0.25, -0.2) is 4.39 Å². The van der Waals surface area contributed by atoms with Gasteiger partial charge < -0.3 is 20.4 Å². The Morgan fingerprint density at radius 1 is 0.974 bits per heavy atom. The lowest BCUT2D eigenvalue weighted by atomic mass is 10.0. The molecule has 4 aliphatic heterocycles. The Bertz CT molecular complexity index is 1280. The van der Waals surface area contributed by atoms with E-state index in [1.807, 2.05) is 0 Å². The van der Waals surface area contributed by atoms with E-state index >= 15 is 0 Å². The van der Waals surface area contributed by atoms with E-state index in [0.29, 0.717) is 35.0 Å². The van der Waals surface area contributed by atoms with Crippen molar-refractivity contribution >= 4 is 35.0 Å². The second-order valence-corrected chi connectivity index (χ2v) is 11.0. The quantitative estimate of drug-likeness (QED) is 0.626. The van der Waals surface area contributed by atoms with E-state index in [-0.39, 0.29) is 41.9 Å². The maximum atomic E-state index is 14.6. The highest BCUT2D eigenvalue weighted by molar-refractivity contribution is 6.30. The molecule has 200 valence electrons. The average Bonchev–Trinajstić information content (AvgIpc) is 3.39. The Kier molecular flexibility index (Phi) is 6.84. The average molecular weight is 540 g/mol. The molecule has 0 radical (unpaired) electrons. The molecule has 8 nitrogen and oxygen atoms in total. The van der Waals surface area contributed by atoms with Crippen LogP contribution in [0.1, 0.15) is 36.0 Å². The van der Waals surface area contributed by atoms with Gasteiger partial charge in [-0.1, -0.05) is 17.7 Å². The van der Waals surface area contributed by atoms with Crippen molar-refractivity contribution in [2.24, 2.45) is 0 Å². The molecule has 38 heavy (non-hydrogen) atoms. The van der Waals surface area contributed by atoms with Crippen molar-refractivity contribution in [2.45, 2.75) is 43.8 Å². The first-order valence-electron chi connectivity index (χ1n) is 13.4. The van der Waals surface area contributed by atoms with E-state index in [4.69, 9.17) is 11.6 Å². The Balaban J connectivity index is 1.21. The second-order valence-electron chi connectivity index (χ2n) is 10.5. The number of benzene rings is 2. The highest BCUT2D eigenvalue weighted by Crippen LogP contribution is 2.33. The van der Waals surface area contributed by atoms with Crippen LogP contribution in [0.2, 0.25) is 5.02 Å². The van der Waals surface area contributed by atoms with Gasteiger partial charge in [0.2, 0.25) is 11.8 Å². The van der Waals surface area contributed by atoms with Crippen LogP contribution in [-0.2, 0) is 9.59 Å². The molecule has 2 atom stereocenters. The summed E-state index contributed by atoms with van der Waals surface area (Å²) in [6, 6.07) is 8.78. The van der Waals surface area contributed by atoms with Gasteiger partial charge in [-0.15, -0.1) is 0 Å². The van der Waals surface area contributed by atoms with E-state index in [1.54, 1.807) is 40.1 Å². The number of carbonyl (C=O) groups is 3. The number of nitrogens with one attached hydrogen (secondary N) is 2. The molecule has 0 bridgehead atoms. The fourth-order valence-electron chi connectivity index (χ4n) is 6.38. The highest BCUT2D eigenvalue weighted by Gasteiger charge is 2.44. The number of piperazine rings is 1. The monoisotopic (exact) mass is 539 g/mol. The zero-order valence-electron chi connectivity index (χ0n) is 21.1. The van der Waals surface area contributed by atoms with Gasteiger partial charge in [0.1, 0.15) is 11.9 Å². The summed E-state index contributed by atoms with van der Waals surface area (Å²) in [5, 5.41) is 6.55. The summed E-state index contributed by atoms with van der Waals surface area (Å²) in [4.78, 5) is 46.2. The molecule has 4 heterocycles. The minimum Gasteiger partial charge on any atom is -0.337 e. The number of hydrogen-bond acceptors (Lipinski definition) is 5. The molecule has 2 aromatic rings. The number of fused-ring (bicyclic) bond motifs is 2. The molecule has 0 aromatic heterocycles. The van der Waals surface area contributed by atoms with Crippen LogP contribution in [0.4, 0.5) is 10.1 Å². The van der Waals surface area contributed by atoms with Crippen LogP contribution in [0.5, 0.6) is 0 Å². The molecule has 3 saturated heterocycles. The van der Waals surface area contributed by atoms with Crippen molar-refractivity contribution in [1.29, 1.82) is 0 Å². The number of nitrogens with zero attached hydrogens (tertiary/aromatic N) is 3. The van der Waals surface area contributed by atoms with Crippen LogP contribution in [0, 0.1) is 5.82 Å². The van der Waals surface area contributed by atoms with Gasteiger partial charge in [0.15, 0.2) is 0 Å². The predicted octanol–water partition coefficient (Wildman–Crippen LogP) is 2.97. The molecule has 0 spiro atoms. The number of amides is 3. The molecule has 3 fully saturated rings. The minimum absolute atomic E-state index is 0.0585. The topological polar surface area (TPSA) is 85.0 Å². The lowest BCUT2D eigenvalue weighted by Gasteiger charge is -2.42. The Labute approximate surface area is 226 Å². The first-order valence-corrected chi connectivity index (χ1v) is 13.7. The van der Waals surface area contributed by atoms with Gasteiger partial charge in [0.05, 0.1) is 23.8 Å². The highest BCUT2D eigenvalue weighted by atomic mass is 35.5. The summed E-state index contributed by atoms with van der Waals surface area (Å²) in [5.74, 6) is -1.05. The van der Waals surface area contributed by atoms with Crippen molar-refractivity contribution in [3.63, 3.8) is 0 Å². The number of carbonyl (C=O) groups excluding carboxylic acids is 3. The molecule has 10 heteroatoms. The van der Waals surface area contributed by atoms with E-state index < -0.39 is 11.9 Å². The van der Waals surface area contributed by atoms with E-state index in [9.17, 15) is 18.8 Å². The zero-order chi connectivity index (χ0) is 26.4. The third-order valence-electron chi connectivity index (χ3n) is 8.36. The van der Waals surface area contributed by atoms with Crippen molar-refractivity contribution < 1.29 is 18.8 Å². The maximum absolute atomic E-state index is 14.6. The smallest absolute Gasteiger partial charge is 0.256 e. The number of halogens is 2. The van der Waals surface area contributed by atoms with Gasteiger partial charge >= 0.3 is 0 Å². The van der Waals surface area contributed by atoms with Crippen LogP contribution in [0.25, 0.3) is 11.1 Å². The normalized spacial score (nSPS) is 24.6. The number of hydrogen-bond donors (Lipinski definition) is 2. The van der Waals surface area contributed by atoms with Crippen LogP contribution >= 0.6 is 11.6 Å². The molecule has 0 saturated carbocycles. The standard InChI is InChI=1S/C28H31ClFN5O3/c29-18-4-5-20(22(30)15-18)17-3-6-23-21(14-17)27(37)35-13-12-33(16-25(35)26(36)32-23)28(38)24-2-1-11-34(24)19-7-9-31-10-8-19/h3-6,14-15,19,24-25,31H,1-2,7-13,16H2,(H,32,36)/t24-,25+/m0/s1. The molecule has 0 aliphatic carbocycles. The van der Waals surface area contributed by atoms with Crippen molar-refractivity contribution in [1.82, 2.24) is 20.0 Å². The number of piperidine rings is 1. The molecule has 4 aliphatic rings. The van der Waals surface area contributed by atoms with Crippen molar-refractivity contribution in [2.75, 3.05) is 44.6 Å². The van der Waals surface area contributed by atoms with Gasteiger partial charge in [0, 0.05) is 29.7 Å². The SMILES string of the molecule is O=C1Nc2ccc(-c3ccc(Cl)cc3F)cc2C(=O)N2CCN(C(=O)[C@@H]3CCCN3C3CCNCC3)C[C@H]12. The van der Waals surface area contributed by atoms with Gasteiger partial charge in [-0.2, -0.15) is 0 Å². The third kappa shape index (κ3) is 4.57. The lowest BCUT2D eigenvalue weighted by Crippen LogP contribution is -2.62. The maximum Gasteiger partial charge on any atom is 0.256 e. The van der Waals surface area contributed by atoms with Crippen LogP contribution < -0.4 is 10.6 Å². The minimum atomic E-state index is -0.781. The first-order chi connectivity index (χ1) is 18.4. The van der Waals surface area contributed by atoms with Crippen LogP contribution in [-0.4, -0.2) is 89.8 Å². The summed E-state index contributed by atoms with van der Waals surface area (Å²) in [6.45, 7) is 3.68. The van der Waals surface area contributed by atoms with E-state index in [2.05, 4.69) is 15.5 Å². The van der Waals surface area contributed by atoms with E-state index in [1.165, 1.54) is 6.07 Å². The molecule has 0 unspecified atom stereocenters. The van der Waals surface area contributed by atoms with Crippen molar-refractivity contribution in [3.8, 4) is 11.1 Å². The van der Waals surface area contributed by atoms with Crippen LogP contribution in [0.15, 0.2) is 36.4 Å². The second kappa shape index (κ2) is 10.3. The van der Waals surface area contributed by atoms with Crippen molar-refractivity contribution in [3.05, 3.63) is 52.8 Å². The number of likely N-dealkylation sites (tertiary alicyclic amines) is 1. The summed E-state index contributed by atoms with van der Waals surface area (Å²) in [7, 11) is 0. The molecular formula is C28H31ClFN5O3. The van der Waals surface area contributed by atoms with Gasteiger partial charge in [-0.3, -0.25) is 19.3 Å². The fourth-order valence-corrected chi connectivity index (χ4v) is 6.54. The lowest BCUT2D eigenvalue weighted by molar-refractivity contribution is -0.140. The van der Waals surface area contributed by atoms with Crippen LogP contribution in [0.3, 0.4) is 0 Å². The predicted molar refractivity (Wildman–Crippen MR) is 142 cm³/mol. The molecule has 3 amide bonds. The number of anilines is 1. The molecule has 2 aromatic carbocycles.